The van der Waals surface area contributed by atoms with Gasteiger partial charge in [-0.1, -0.05) is 6.07 Å². The highest BCUT2D eigenvalue weighted by atomic mass is 19.3. The lowest BCUT2D eigenvalue weighted by Crippen LogP contribution is -2.69. The Labute approximate surface area is 205 Å². The number of Topliss-reactive ketones (excluding diaryl/α,β-unsaturated/α-hetero) is 1. The SMILES string of the molecule is Cc1ccc(NC(=O)c2c(C)c(C(=O)C(=O)NC3(C(=O)N(C)C)CC(F)(F)C3)c3n2CCC3)cc1F. The number of halogens is 3. The largest absolute Gasteiger partial charge is 0.347 e. The van der Waals surface area contributed by atoms with Crippen LogP contribution in [0.1, 0.15) is 56.9 Å². The minimum absolute atomic E-state index is 0.0174. The predicted octanol–water partition coefficient (Wildman–Crippen LogP) is 3.00. The number of hydrogen-bond donors (Lipinski definition) is 2. The van der Waals surface area contributed by atoms with Gasteiger partial charge < -0.3 is 20.1 Å². The number of aromatic nitrogens is 1. The predicted molar refractivity (Wildman–Crippen MR) is 125 cm³/mol. The third-order valence-corrected chi connectivity index (χ3v) is 6.78. The van der Waals surface area contributed by atoms with Crippen LogP contribution in [0.15, 0.2) is 18.2 Å². The first-order chi connectivity index (χ1) is 16.8. The maximum atomic E-state index is 13.9. The van der Waals surface area contributed by atoms with Gasteiger partial charge in [0.25, 0.3) is 23.5 Å². The molecule has 36 heavy (non-hydrogen) atoms. The van der Waals surface area contributed by atoms with Gasteiger partial charge in [0.2, 0.25) is 5.91 Å². The summed E-state index contributed by atoms with van der Waals surface area (Å²) in [6.07, 6.45) is -0.735. The summed E-state index contributed by atoms with van der Waals surface area (Å²) >= 11 is 0. The van der Waals surface area contributed by atoms with Gasteiger partial charge in [-0.3, -0.25) is 19.2 Å². The van der Waals surface area contributed by atoms with E-state index in [9.17, 15) is 32.3 Å². The van der Waals surface area contributed by atoms with Gasteiger partial charge in [0.15, 0.2) is 0 Å². The number of hydrogen-bond acceptors (Lipinski definition) is 4. The molecule has 2 heterocycles. The maximum absolute atomic E-state index is 13.9. The van der Waals surface area contributed by atoms with E-state index in [4.69, 9.17) is 0 Å². The summed E-state index contributed by atoms with van der Waals surface area (Å²) < 4.78 is 43.0. The third-order valence-electron chi connectivity index (χ3n) is 6.78. The number of anilines is 1. The first-order valence-corrected chi connectivity index (χ1v) is 11.5. The lowest BCUT2D eigenvalue weighted by molar-refractivity contribution is -0.171. The van der Waals surface area contributed by atoms with E-state index in [1.54, 1.807) is 17.6 Å². The van der Waals surface area contributed by atoms with Gasteiger partial charge in [-0.15, -0.1) is 0 Å². The molecule has 4 rings (SSSR count). The number of aryl methyl sites for hydroxylation is 1. The van der Waals surface area contributed by atoms with Crippen molar-refractivity contribution in [3.8, 4) is 0 Å². The molecule has 0 radical (unpaired) electrons. The Morgan fingerprint density at radius 3 is 2.33 bits per heavy atom. The molecule has 0 saturated heterocycles. The van der Waals surface area contributed by atoms with Gasteiger partial charge in [-0.2, -0.15) is 0 Å². The van der Waals surface area contributed by atoms with E-state index in [1.807, 2.05) is 0 Å². The quantitative estimate of drug-likeness (QED) is 0.467. The van der Waals surface area contributed by atoms with Gasteiger partial charge in [0.05, 0.1) is 5.56 Å². The lowest BCUT2D eigenvalue weighted by atomic mass is 9.72. The second-order valence-electron chi connectivity index (χ2n) is 9.74. The highest BCUT2D eigenvalue weighted by Crippen LogP contribution is 2.46. The molecular weight excluding hydrogens is 477 g/mol. The molecule has 1 saturated carbocycles. The summed E-state index contributed by atoms with van der Waals surface area (Å²) in [6, 6.07) is 4.26. The average molecular weight is 505 g/mol. The number of rotatable bonds is 6. The Morgan fingerprint density at radius 1 is 1.08 bits per heavy atom. The number of carbonyl (C=O) groups excluding carboxylic acids is 4. The molecule has 0 unspecified atom stereocenters. The van der Waals surface area contributed by atoms with Crippen molar-refractivity contribution in [3.63, 3.8) is 0 Å². The van der Waals surface area contributed by atoms with Crippen molar-refractivity contribution in [1.82, 2.24) is 14.8 Å². The molecule has 0 atom stereocenters. The van der Waals surface area contributed by atoms with Crippen molar-refractivity contribution in [2.75, 3.05) is 19.4 Å². The van der Waals surface area contributed by atoms with Crippen molar-refractivity contribution < 1.29 is 32.3 Å². The van der Waals surface area contributed by atoms with Crippen LogP contribution in [0.2, 0.25) is 0 Å². The molecule has 11 heteroatoms. The van der Waals surface area contributed by atoms with Gasteiger partial charge in [-0.25, -0.2) is 13.2 Å². The molecule has 2 N–H and O–H groups in total. The second-order valence-corrected chi connectivity index (χ2v) is 9.74. The number of nitrogens with zero attached hydrogens (tertiary/aromatic N) is 2. The zero-order valence-corrected chi connectivity index (χ0v) is 20.4. The fourth-order valence-electron chi connectivity index (χ4n) is 5.11. The highest BCUT2D eigenvalue weighted by Gasteiger charge is 2.62. The van der Waals surface area contributed by atoms with E-state index in [0.29, 0.717) is 30.6 Å². The van der Waals surface area contributed by atoms with Gasteiger partial charge >= 0.3 is 0 Å². The summed E-state index contributed by atoms with van der Waals surface area (Å²) in [6.45, 7) is 3.55. The number of alkyl halides is 2. The monoisotopic (exact) mass is 504 g/mol. The molecule has 1 aromatic carbocycles. The molecular formula is C25H27F3N4O4. The Balaban J connectivity index is 1.62. The van der Waals surface area contributed by atoms with Crippen molar-refractivity contribution in [1.29, 1.82) is 0 Å². The summed E-state index contributed by atoms with van der Waals surface area (Å²) in [5.41, 5.74) is -0.302. The number of amides is 3. The van der Waals surface area contributed by atoms with E-state index >= 15 is 0 Å². The first-order valence-electron chi connectivity index (χ1n) is 11.5. The molecule has 192 valence electrons. The molecule has 1 fully saturated rings. The zero-order chi connectivity index (χ0) is 26.6. The Hall–Kier alpha value is -3.63. The van der Waals surface area contributed by atoms with Crippen LogP contribution in [-0.4, -0.2) is 58.5 Å². The summed E-state index contributed by atoms with van der Waals surface area (Å²) in [7, 11) is 2.76. The van der Waals surface area contributed by atoms with E-state index in [0.717, 1.165) is 4.90 Å². The highest BCUT2D eigenvalue weighted by molar-refractivity contribution is 6.44. The van der Waals surface area contributed by atoms with Gasteiger partial charge in [-0.05, 0) is 49.9 Å². The van der Waals surface area contributed by atoms with E-state index in [2.05, 4.69) is 10.6 Å². The smallest absolute Gasteiger partial charge is 0.293 e. The third kappa shape index (κ3) is 4.27. The minimum atomic E-state index is -3.13. The van der Waals surface area contributed by atoms with Crippen LogP contribution < -0.4 is 10.6 Å². The van der Waals surface area contributed by atoms with Gasteiger partial charge in [0.1, 0.15) is 17.1 Å². The number of ketones is 1. The van der Waals surface area contributed by atoms with Crippen LogP contribution in [0.25, 0.3) is 0 Å². The van der Waals surface area contributed by atoms with Crippen molar-refractivity contribution in [2.24, 2.45) is 0 Å². The van der Waals surface area contributed by atoms with Crippen LogP contribution in [0, 0.1) is 19.7 Å². The Bertz CT molecular complexity index is 1290. The molecule has 1 aliphatic carbocycles. The molecule has 0 spiro atoms. The number of carbonyl (C=O) groups is 4. The zero-order valence-electron chi connectivity index (χ0n) is 20.4. The molecule has 2 aromatic rings. The number of nitrogens with one attached hydrogen (secondary N) is 2. The van der Waals surface area contributed by atoms with Gasteiger partial charge in [0, 0.05) is 44.9 Å². The van der Waals surface area contributed by atoms with Crippen molar-refractivity contribution in [3.05, 3.63) is 52.1 Å². The van der Waals surface area contributed by atoms with E-state index < -0.39 is 53.6 Å². The van der Waals surface area contributed by atoms with E-state index in [-0.39, 0.29) is 22.5 Å². The van der Waals surface area contributed by atoms with Crippen LogP contribution in [0.5, 0.6) is 0 Å². The van der Waals surface area contributed by atoms with Crippen molar-refractivity contribution >= 4 is 29.2 Å². The Kier molecular flexibility index (Phi) is 6.22. The topological polar surface area (TPSA) is 101 Å². The number of benzene rings is 1. The first kappa shape index (κ1) is 25.5. The summed E-state index contributed by atoms with van der Waals surface area (Å²) in [4.78, 5) is 53.0. The minimum Gasteiger partial charge on any atom is -0.347 e. The fourth-order valence-corrected chi connectivity index (χ4v) is 5.11. The molecule has 2 aliphatic rings. The molecule has 8 nitrogen and oxygen atoms in total. The van der Waals surface area contributed by atoms with Crippen LogP contribution in [0.4, 0.5) is 18.9 Å². The summed E-state index contributed by atoms with van der Waals surface area (Å²) in [5, 5.41) is 4.89. The van der Waals surface area contributed by atoms with Crippen molar-refractivity contribution in [2.45, 2.75) is 57.5 Å². The average Bonchev–Trinajstić information content (AvgIpc) is 3.33. The normalized spacial score (nSPS) is 17.1. The van der Waals surface area contributed by atoms with Crippen LogP contribution in [0.3, 0.4) is 0 Å². The van der Waals surface area contributed by atoms with Crippen LogP contribution >= 0.6 is 0 Å². The maximum Gasteiger partial charge on any atom is 0.293 e. The molecule has 1 aromatic heterocycles. The van der Waals surface area contributed by atoms with E-state index in [1.165, 1.54) is 33.2 Å². The fraction of sp³-hybridized carbons (Fsp3) is 0.440. The number of fused-ring (bicyclic) bond motifs is 1. The lowest BCUT2D eigenvalue weighted by Gasteiger charge is -2.47. The summed E-state index contributed by atoms with van der Waals surface area (Å²) in [5.74, 6) is -7.09. The standard InChI is InChI=1S/C25H27F3N4O4/c1-13-7-8-15(10-16(13)26)29-21(34)19-14(2)18(17-6-5-9-32(17)19)20(33)22(35)30-24(23(36)31(3)4)11-25(27,28)12-24/h7-8,10H,5-6,9,11-12H2,1-4H3,(H,29,34)(H,30,35). The Morgan fingerprint density at radius 2 is 1.75 bits per heavy atom. The molecule has 0 bridgehead atoms. The second kappa shape index (κ2) is 8.79. The molecule has 3 amide bonds. The molecule has 1 aliphatic heterocycles. The number of likely N-dealkylation sites (N-methyl/N-ethyl adjacent to an activating group) is 1. The van der Waals surface area contributed by atoms with Crippen LogP contribution in [-0.2, 0) is 22.6 Å².